The van der Waals surface area contributed by atoms with Crippen molar-refractivity contribution in [3.63, 3.8) is 0 Å². The van der Waals surface area contributed by atoms with E-state index in [0.717, 1.165) is 4.90 Å². The minimum absolute atomic E-state index is 0.137. The Kier molecular flexibility index (Phi) is 7.67. The molecule has 1 N–H and O–H groups in total. The van der Waals surface area contributed by atoms with Crippen molar-refractivity contribution in [2.45, 2.75) is 0 Å². The summed E-state index contributed by atoms with van der Waals surface area (Å²) in [5, 5.41) is 2.00. The fourth-order valence-corrected chi connectivity index (χ4v) is 3.59. The molecule has 0 aromatic heterocycles. The molecule has 1 saturated heterocycles. The molecule has 0 bridgehead atoms. The highest BCUT2D eigenvalue weighted by molar-refractivity contribution is 8.18. The number of hydrogen-bond donors (Lipinski definition) is 1. The minimum Gasteiger partial charge on any atom is -0.493 e. The Bertz CT molecular complexity index is 1120. The van der Waals surface area contributed by atoms with Crippen LogP contribution in [-0.4, -0.2) is 55.3 Å². The second kappa shape index (κ2) is 10.6. The highest BCUT2D eigenvalue weighted by Crippen LogP contribution is 2.34. The van der Waals surface area contributed by atoms with E-state index in [4.69, 9.17) is 9.47 Å². The summed E-state index contributed by atoms with van der Waals surface area (Å²) in [4.78, 5) is 48.9. The van der Waals surface area contributed by atoms with Crippen LogP contribution in [0.4, 0.5) is 14.9 Å². The molecule has 0 aliphatic carbocycles. The summed E-state index contributed by atoms with van der Waals surface area (Å²) >= 11 is 0.705. The molecule has 3 rings (SSSR count). The molecular weight excluding hydrogens is 455 g/mol. The van der Waals surface area contributed by atoms with Crippen LogP contribution in [0.5, 0.6) is 11.5 Å². The van der Waals surface area contributed by atoms with Crippen LogP contribution in [-0.2, 0) is 19.1 Å². The number of thioether (sulfide) groups is 1. The highest BCUT2D eigenvalue weighted by atomic mass is 32.2. The molecule has 0 unspecified atom stereocenters. The Balaban J connectivity index is 1.66. The largest absolute Gasteiger partial charge is 0.493 e. The smallest absolute Gasteiger partial charge is 0.325 e. The SMILES string of the molecule is COC(=O)CN1C(=O)SC(=Cc2ccc(OCC(=O)Nc3ccc(F)cc3)c(OC)c2)C1=O. The first-order chi connectivity index (χ1) is 15.8. The maximum absolute atomic E-state index is 12.9. The fourth-order valence-electron chi connectivity index (χ4n) is 2.75. The summed E-state index contributed by atoms with van der Waals surface area (Å²) in [7, 11) is 2.58. The van der Waals surface area contributed by atoms with Crippen molar-refractivity contribution in [1.82, 2.24) is 4.90 Å². The van der Waals surface area contributed by atoms with Crippen LogP contribution in [0, 0.1) is 5.82 Å². The summed E-state index contributed by atoms with van der Waals surface area (Å²) in [6.07, 6.45) is 1.48. The molecule has 172 valence electrons. The van der Waals surface area contributed by atoms with Gasteiger partial charge in [0, 0.05) is 5.69 Å². The average molecular weight is 474 g/mol. The van der Waals surface area contributed by atoms with Gasteiger partial charge in [-0.15, -0.1) is 0 Å². The van der Waals surface area contributed by atoms with E-state index in [1.807, 2.05) is 0 Å². The lowest BCUT2D eigenvalue weighted by molar-refractivity contribution is -0.143. The first kappa shape index (κ1) is 23.8. The van der Waals surface area contributed by atoms with Gasteiger partial charge in [-0.05, 0) is 59.8 Å². The predicted octanol–water partition coefficient (Wildman–Crippen LogP) is 3.06. The third-order valence-corrected chi connectivity index (χ3v) is 5.27. The lowest BCUT2D eigenvalue weighted by Gasteiger charge is -2.12. The molecule has 0 radical (unpaired) electrons. The number of benzene rings is 2. The van der Waals surface area contributed by atoms with E-state index in [2.05, 4.69) is 10.1 Å². The van der Waals surface area contributed by atoms with E-state index in [1.54, 1.807) is 18.2 Å². The number of nitrogens with one attached hydrogen (secondary N) is 1. The number of imide groups is 1. The molecule has 1 heterocycles. The number of ether oxygens (including phenoxy) is 3. The molecule has 1 fully saturated rings. The topological polar surface area (TPSA) is 111 Å². The summed E-state index contributed by atoms with van der Waals surface area (Å²) in [6.45, 7) is -0.784. The lowest BCUT2D eigenvalue weighted by Crippen LogP contribution is -2.34. The molecule has 2 aromatic rings. The van der Waals surface area contributed by atoms with Gasteiger partial charge < -0.3 is 19.5 Å². The van der Waals surface area contributed by atoms with E-state index in [0.29, 0.717) is 28.8 Å². The van der Waals surface area contributed by atoms with Crippen LogP contribution in [0.3, 0.4) is 0 Å². The first-order valence-corrected chi connectivity index (χ1v) is 10.3. The Morgan fingerprint density at radius 1 is 1.09 bits per heavy atom. The quantitative estimate of drug-likeness (QED) is 0.459. The van der Waals surface area contributed by atoms with Crippen molar-refractivity contribution in [2.75, 3.05) is 32.7 Å². The maximum Gasteiger partial charge on any atom is 0.325 e. The Hall–Kier alpha value is -3.86. The zero-order valence-corrected chi connectivity index (χ0v) is 18.4. The average Bonchev–Trinajstić information content (AvgIpc) is 3.06. The second-order valence-corrected chi connectivity index (χ2v) is 7.59. The van der Waals surface area contributed by atoms with Gasteiger partial charge in [0.2, 0.25) is 0 Å². The van der Waals surface area contributed by atoms with E-state index >= 15 is 0 Å². The number of esters is 1. The van der Waals surface area contributed by atoms with Crippen LogP contribution >= 0.6 is 11.8 Å². The van der Waals surface area contributed by atoms with Gasteiger partial charge >= 0.3 is 5.97 Å². The summed E-state index contributed by atoms with van der Waals surface area (Å²) < 4.78 is 28.2. The molecule has 1 aliphatic rings. The Labute approximate surface area is 192 Å². The molecule has 3 amide bonds. The molecular formula is C22H19FN2O7S. The number of methoxy groups -OCH3 is 2. The normalized spacial score (nSPS) is 14.4. The van der Waals surface area contributed by atoms with Gasteiger partial charge in [0.05, 0.1) is 19.1 Å². The van der Waals surface area contributed by atoms with Crippen LogP contribution in [0.15, 0.2) is 47.4 Å². The monoisotopic (exact) mass is 474 g/mol. The van der Waals surface area contributed by atoms with Gasteiger partial charge in [0.25, 0.3) is 17.1 Å². The number of halogens is 1. The minimum atomic E-state index is -0.704. The van der Waals surface area contributed by atoms with Crippen molar-refractivity contribution in [3.8, 4) is 11.5 Å². The molecule has 0 saturated carbocycles. The number of carbonyl (C=O) groups excluding carboxylic acids is 4. The molecule has 0 spiro atoms. The number of hydrogen-bond acceptors (Lipinski definition) is 8. The summed E-state index contributed by atoms with van der Waals surface area (Å²) in [5.41, 5.74) is 0.965. The van der Waals surface area contributed by atoms with Gasteiger partial charge in [-0.1, -0.05) is 6.07 Å². The zero-order chi connectivity index (χ0) is 24.0. The number of carbonyl (C=O) groups is 4. The third kappa shape index (κ3) is 6.10. The van der Waals surface area contributed by atoms with Gasteiger partial charge in [0.1, 0.15) is 12.4 Å². The van der Waals surface area contributed by atoms with Crippen molar-refractivity contribution in [1.29, 1.82) is 0 Å². The molecule has 0 atom stereocenters. The number of rotatable bonds is 8. The van der Waals surface area contributed by atoms with Crippen molar-refractivity contribution < 1.29 is 37.8 Å². The number of nitrogens with zero attached hydrogens (tertiary/aromatic N) is 1. The molecule has 11 heteroatoms. The van der Waals surface area contributed by atoms with Crippen molar-refractivity contribution in [2.24, 2.45) is 0 Å². The van der Waals surface area contributed by atoms with Gasteiger partial charge in [0.15, 0.2) is 18.1 Å². The summed E-state index contributed by atoms with van der Waals surface area (Å²) in [5.74, 6) is -1.60. The molecule has 1 aliphatic heterocycles. The van der Waals surface area contributed by atoms with Crippen molar-refractivity contribution >= 4 is 46.5 Å². The second-order valence-electron chi connectivity index (χ2n) is 6.60. The van der Waals surface area contributed by atoms with E-state index in [1.165, 1.54) is 44.6 Å². The van der Waals surface area contributed by atoms with E-state index < -0.39 is 35.4 Å². The number of amides is 3. The number of anilines is 1. The lowest BCUT2D eigenvalue weighted by atomic mass is 10.2. The highest BCUT2D eigenvalue weighted by Gasteiger charge is 2.36. The molecule has 33 heavy (non-hydrogen) atoms. The molecule has 9 nitrogen and oxygen atoms in total. The summed E-state index contributed by atoms with van der Waals surface area (Å²) in [6, 6.07) is 10.0. The van der Waals surface area contributed by atoms with Crippen LogP contribution in [0.25, 0.3) is 6.08 Å². The Morgan fingerprint density at radius 2 is 1.82 bits per heavy atom. The van der Waals surface area contributed by atoms with Crippen LogP contribution in [0.2, 0.25) is 0 Å². The standard InChI is InChI=1S/C22H19FN2O7S/c1-30-17-9-13(10-18-21(28)25(22(29)33-18)11-20(27)31-2)3-8-16(17)32-12-19(26)24-15-6-4-14(23)5-7-15/h3-10H,11-12H2,1-2H3,(H,24,26). The van der Waals surface area contributed by atoms with E-state index in [9.17, 15) is 23.6 Å². The van der Waals surface area contributed by atoms with Gasteiger partial charge in [-0.2, -0.15) is 0 Å². The van der Waals surface area contributed by atoms with Crippen LogP contribution < -0.4 is 14.8 Å². The first-order valence-electron chi connectivity index (χ1n) is 9.49. The molecule has 2 aromatic carbocycles. The zero-order valence-electron chi connectivity index (χ0n) is 17.6. The maximum atomic E-state index is 12.9. The van der Waals surface area contributed by atoms with Gasteiger partial charge in [-0.3, -0.25) is 24.1 Å². The van der Waals surface area contributed by atoms with Crippen LogP contribution in [0.1, 0.15) is 5.56 Å². The fraction of sp³-hybridized carbons (Fsp3) is 0.182. The van der Waals surface area contributed by atoms with E-state index in [-0.39, 0.29) is 17.3 Å². The third-order valence-electron chi connectivity index (χ3n) is 4.36. The van der Waals surface area contributed by atoms with Crippen molar-refractivity contribution in [3.05, 3.63) is 58.8 Å². The Morgan fingerprint density at radius 3 is 2.48 bits per heavy atom. The predicted molar refractivity (Wildman–Crippen MR) is 118 cm³/mol. The van der Waals surface area contributed by atoms with Gasteiger partial charge in [-0.25, -0.2) is 4.39 Å².